The first-order valence-electron chi connectivity index (χ1n) is 5.85. The van der Waals surface area contributed by atoms with Crippen LogP contribution in [0.15, 0.2) is 29.3 Å². The molecule has 17 heavy (non-hydrogen) atoms. The van der Waals surface area contributed by atoms with Gasteiger partial charge in [-0.05, 0) is 18.9 Å². The van der Waals surface area contributed by atoms with Gasteiger partial charge < -0.3 is 5.32 Å². The molecule has 0 radical (unpaired) electrons. The molecule has 1 N–H and O–H groups in total. The number of amidine groups is 1. The van der Waals surface area contributed by atoms with Crippen LogP contribution in [-0.4, -0.2) is 17.5 Å². The number of benzene rings is 1. The van der Waals surface area contributed by atoms with Gasteiger partial charge in [0.15, 0.2) is 5.17 Å². The van der Waals surface area contributed by atoms with Crippen molar-refractivity contribution in [3.8, 4) is 0 Å². The van der Waals surface area contributed by atoms with Crippen LogP contribution in [0.4, 0.5) is 4.39 Å². The maximum atomic E-state index is 13.6. The van der Waals surface area contributed by atoms with Crippen molar-refractivity contribution in [1.29, 1.82) is 0 Å². The predicted octanol–water partition coefficient (Wildman–Crippen LogP) is 3.22. The Labute approximate surface area is 106 Å². The lowest BCUT2D eigenvalue weighted by Gasteiger charge is -2.22. The Morgan fingerprint density at radius 2 is 2.24 bits per heavy atom. The molecule has 1 aromatic rings. The summed E-state index contributed by atoms with van der Waals surface area (Å²) in [5.74, 6) is 1.55. The molecule has 0 bridgehead atoms. The van der Waals surface area contributed by atoms with Gasteiger partial charge in [0.25, 0.3) is 0 Å². The molecule has 92 valence electrons. The van der Waals surface area contributed by atoms with Crippen molar-refractivity contribution in [1.82, 2.24) is 5.32 Å². The first kappa shape index (κ1) is 12.4. The largest absolute Gasteiger partial charge is 0.358 e. The third-order valence-electron chi connectivity index (χ3n) is 2.76. The van der Waals surface area contributed by atoms with E-state index in [1.54, 1.807) is 17.8 Å². The van der Waals surface area contributed by atoms with Gasteiger partial charge in [-0.15, -0.1) is 0 Å². The topological polar surface area (TPSA) is 24.4 Å². The van der Waals surface area contributed by atoms with Crippen molar-refractivity contribution in [3.05, 3.63) is 35.6 Å². The van der Waals surface area contributed by atoms with Crippen LogP contribution in [0.25, 0.3) is 0 Å². The highest BCUT2D eigenvalue weighted by molar-refractivity contribution is 8.13. The molecule has 4 heteroatoms. The number of rotatable bonds is 2. The third kappa shape index (κ3) is 3.22. The van der Waals surface area contributed by atoms with Crippen LogP contribution in [0.3, 0.4) is 0 Å². The van der Waals surface area contributed by atoms with Gasteiger partial charge in [-0.2, -0.15) is 0 Å². The summed E-state index contributed by atoms with van der Waals surface area (Å²) in [5, 5.41) is 4.20. The van der Waals surface area contributed by atoms with E-state index in [1.807, 2.05) is 19.1 Å². The SMILES string of the molecule is CC1CN=C(NC(C)c2ccccc2F)SC1. The monoisotopic (exact) mass is 252 g/mol. The zero-order valence-electron chi connectivity index (χ0n) is 10.1. The van der Waals surface area contributed by atoms with E-state index in [-0.39, 0.29) is 11.9 Å². The molecular formula is C13H17FN2S. The Hall–Kier alpha value is -1.03. The number of nitrogens with one attached hydrogen (secondary N) is 1. The fourth-order valence-corrected chi connectivity index (χ4v) is 2.71. The first-order chi connectivity index (χ1) is 8.16. The summed E-state index contributed by atoms with van der Waals surface area (Å²) in [6.07, 6.45) is 0. The molecule has 0 aliphatic carbocycles. The number of halogens is 1. The van der Waals surface area contributed by atoms with Gasteiger partial charge in [-0.25, -0.2) is 4.39 Å². The number of nitrogens with zero attached hydrogens (tertiary/aromatic N) is 1. The summed E-state index contributed by atoms with van der Waals surface area (Å²) >= 11 is 1.72. The fourth-order valence-electron chi connectivity index (χ4n) is 1.73. The molecule has 1 aliphatic rings. The van der Waals surface area contributed by atoms with Crippen LogP contribution < -0.4 is 5.32 Å². The van der Waals surface area contributed by atoms with Crippen LogP contribution in [0, 0.1) is 11.7 Å². The Bertz CT molecular complexity index is 420. The second kappa shape index (κ2) is 5.54. The van der Waals surface area contributed by atoms with Crippen molar-refractivity contribution >= 4 is 16.9 Å². The van der Waals surface area contributed by atoms with E-state index in [0.717, 1.165) is 17.5 Å². The second-order valence-corrected chi connectivity index (χ2v) is 5.46. The van der Waals surface area contributed by atoms with Crippen LogP contribution >= 0.6 is 11.8 Å². The lowest BCUT2D eigenvalue weighted by molar-refractivity contribution is 0.578. The standard InChI is InChI=1S/C13H17FN2S/c1-9-7-15-13(17-8-9)16-10(2)11-5-3-4-6-12(11)14/h3-6,9-10H,7-8H2,1-2H3,(H,15,16). The van der Waals surface area contributed by atoms with Gasteiger partial charge in [-0.1, -0.05) is 36.9 Å². The molecule has 1 aromatic carbocycles. The average molecular weight is 252 g/mol. The van der Waals surface area contributed by atoms with Crippen molar-refractivity contribution in [3.63, 3.8) is 0 Å². The molecule has 1 heterocycles. The lowest BCUT2D eigenvalue weighted by atomic mass is 10.1. The maximum absolute atomic E-state index is 13.6. The normalized spacial score (nSPS) is 21.8. The molecule has 0 spiro atoms. The van der Waals surface area contributed by atoms with Crippen molar-refractivity contribution < 1.29 is 4.39 Å². The first-order valence-corrected chi connectivity index (χ1v) is 6.83. The summed E-state index contributed by atoms with van der Waals surface area (Å²) in [4.78, 5) is 4.45. The van der Waals surface area contributed by atoms with Crippen molar-refractivity contribution in [2.75, 3.05) is 12.3 Å². The Morgan fingerprint density at radius 3 is 2.88 bits per heavy atom. The molecule has 2 atom stereocenters. The molecular weight excluding hydrogens is 235 g/mol. The van der Waals surface area contributed by atoms with E-state index < -0.39 is 0 Å². The minimum absolute atomic E-state index is 0.0455. The fraction of sp³-hybridized carbons (Fsp3) is 0.462. The Balaban J connectivity index is 2.02. The minimum atomic E-state index is -0.165. The van der Waals surface area contributed by atoms with Crippen molar-refractivity contribution in [2.24, 2.45) is 10.9 Å². The maximum Gasteiger partial charge on any atom is 0.157 e. The molecule has 1 aliphatic heterocycles. The van der Waals surface area contributed by atoms with E-state index in [2.05, 4.69) is 17.2 Å². The molecule has 2 unspecified atom stereocenters. The quantitative estimate of drug-likeness (QED) is 0.874. The lowest BCUT2D eigenvalue weighted by Crippen LogP contribution is -2.29. The minimum Gasteiger partial charge on any atom is -0.358 e. The van der Waals surface area contributed by atoms with E-state index in [4.69, 9.17) is 0 Å². The van der Waals surface area contributed by atoms with E-state index in [9.17, 15) is 4.39 Å². The predicted molar refractivity (Wildman–Crippen MR) is 71.9 cm³/mol. The molecule has 0 fully saturated rings. The zero-order chi connectivity index (χ0) is 12.3. The molecule has 0 amide bonds. The van der Waals surface area contributed by atoms with Gasteiger partial charge in [0.05, 0.1) is 6.04 Å². The summed E-state index contributed by atoms with van der Waals surface area (Å²) in [6, 6.07) is 6.82. The number of hydrogen-bond donors (Lipinski definition) is 1. The van der Waals surface area contributed by atoms with Gasteiger partial charge in [0, 0.05) is 17.9 Å². The van der Waals surface area contributed by atoms with Gasteiger partial charge >= 0.3 is 0 Å². The van der Waals surface area contributed by atoms with Crippen LogP contribution in [-0.2, 0) is 0 Å². The molecule has 2 nitrogen and oxygen atoms in total. The highest BCUT2D eigenvalue weighted by Crippen LogP contribution is 2.20. The van der Waals surface area contributed by atoms with Crippen LogP contribution in [0.5, 0.6) is 0 Å². The Morgan fingerprint density at radius 1 is 1.47 bits per heavy atom. The van der Waals surface area contributed by atoms with E-state index in [1.165, 1.54) is 6.07 Å². The van der Waals surface area contributed by atoms with E-state index in [0.29, 0.717) is 11.5 Å². The number of thioether (sulfide) groups is 1. The number of hydrogen-bond acceptors (Lipinski definition) is 3. The smallest absolute Gasteiger partial charge is 0.157 e. The second-order valence-electron chi connectivity index (χ2n) is 4.45. The third-order valence-corrected chi connectivity index (χ3v) is 4.02. The molecule has 0 saturated carbocycles. The highest BCUT2D eigenvalue weighted by Gasteiger charge is 2.16. The van der Waals surface area contributed by atoms with Gasteiger partial charge in [-0.3, -0.25) is 4.99 Å². The Kier molecular flexibility index (Phi) is 4.05. The summed E-state index contributed by atoms with van der Waals surface area (Å²) in [7, 11) is 0. The van der Waals surface area contributed by atoms with E-state index >= 15 is 0 Å². The molecule has 0 aromatic heterocycles. The van der Waals surface area contributed by atoms with Gasteiger partial charge in [0.2, 0.25) is 0 Å². The average Bonchev–Trinajstić information content (AvgIpc) is 2.32. The van der Waals surface area contributed by atoms with Gasteiger partial charge in [0.1, 0.15) is 5.82 Å². The number of aliphatic imine (C=N–C) groups is 1. The van der Waals surface area contributed by atoms with Crippen molar-refractivity contribution in [2.45, 2.75) is 19.9 Å². The zero-order valence-corrected chi connectivity index (χ0v) is 10.9. The summed E-state index contributed by atoms with van der Waals surface area (Å²) in [6.45, 7) is 5.01. The summed E-state index contributed by atoms with van der Waals surface area (Å²) in [5.41, 5.74) is 0.689. The highest BCUT2D eigenvalue weighted by atomic mass is 32.2. The van der Waals surface area contributed by atoms with Crippen LogP contribution in [0.2, 0.25) is 0 Å². The molecule has 0 saturated heterocycles. The van der Waals surface area contributed by atoms with Crippen LogP contribution in [0.1, 0.15) is 25.5 Å². The summed E-state index contributed by atoms with van der Waals surface area (Å²) < 4.78 is 13.6. The molecule has 2 rings (SSSR count).